The summed E-state index contributed by atoms with van der Waals surface area (Å²) in [4.78, 5) is 29.4. The first kappa shape index (κ1) is 25.0. The van der Waals surface area contributed by atoms with Crippen molar-refractivity contribution in [3.8, 4) is 11.1 Å². The standard InChI is InChI=1S/C29H28F3N3O2/c1-19-14-22(21-8-5-9-23(15-21)29(30,31)32)10-11-26(19)28(37)35-17-25(18-35)33-24-12-13-34(16-24)27(36)20-6-3-2-4-7-20/h2-11,14-15,24-25,33H,12-13,16-18H2,1H3. The molecule has 0 spiro atoms. The first-order valence-electron chi connectivity index (χ1n) is 12.4. The number of amides is 2. The van der Waals surface area contributed by atoms with Gasteiger partial charge in [-0.2, -0.15) is 13.2 Å². The topological polar surface area (TPSA) is 52.7 Å². The third kappa shape index (κ3) is 5.39. The summed E-state index contributed by atoms with van der Waals surface area (Å²) in [5, 5.41) is 3.57. The molecule has 2 heterocycles. The highest BCUT2D eigenvalue weighted by Gasteiger charge is 2.35. The lowest BCUT2D eigenvalue weighted by molar-refractivity contribution is -0.137. The van der Waals surface area contributed by atoms with E-state index >= 15 is 0 Å². The Hall–Kier alpha value is -3.65. The predicted molar refractivity (Wildman–Crippen MR) is 135 cm³/mol. The summed E-state index contributed by atoms with van der Waals surface area (Å²) in [6.45, 7) is 4.32. The molecule has 2 aliphatic heterocycles. The van der Waals surface area contributed by atoms with Gasteiger partial charge in [-0.25, -0.2) is 0 Å². The second kappa shape index (κ2) is 10.0. The van der Waals surface area contributed by atoms with Gasteiger partial charge in [0.25, 0.3) is 11.8 Å². The Kier molecular flexibility index (Phi) is 6.77. The normalized spacial score (nSPS) is 18.1. The number of nitrogens with one attached hydrogen (secondary N) is 1. The van der Waals surface area contributed by atoms with Crippen LogP contribution in [0.15, 0.2) is 72.8 Å². The second-order valence-electron chi connectivity index (χ2n) is 9.78. The van der Waals surface area contributed by atoms with Gasteiger partial charge >= 0.3 is 6.18 Å². The van der Waals surface area contributed by atoms with Crippen LogP contribution in [0.4, 0.5) is 13.2 Å². The predicted octanol–water partition coefficient (Wildman–Crippen LogP) is 5.01. The lowest BCUT2D eigenvalue weighted by Gasteiger charge is -2.41. The van der Waals surface area contributed by atoms with E-state index in [1.807, 2.05) is 35.2 Å². The number of hydrogen-bond acceptors (Lipinski definition) is 3. The minimum Gasteiger partial charge on any atom is -0.337 e. The van der Waals surface area contributed by atoms with E-state index in [9.17, 15) is 22.8 Å². The number of hydrogen-bond donors (Lipinski definition) is 1. The summed E-state index contributed by atoms with van der Waals surface area (Å²) in [6, 6.07) is 20.0. The molecule has 1 unspecified atom stereocenters. The molecule has 2 fully saturated rings. The zero-order valence-electron chi connectivity index (χ0n) is 20.5. The molecular weight excluding hydrogens is 479 g/mol. The zero-order valence-corrected chi connectivity index (χ0v) is 20.5. The Morgan fingerprint density at radius 3 is 2.22 bits per heavy atom. The molecule has 2 saturated heterocycles. The third-order valence-electron chi connectivity index (χ3n) is 7.12. The molecule has 0 aromatic heterocycles. The highest BCUT2D eigenvalue weighted by atomic mass is 19.4. The van der Waals surface area contributed by atoms with Crippen LogP contribution in [0.3, 0.4) is 0 Å². The number of halogens is 3. The van der Waals surface area contributed by atoms with E-state index in [0.29, 0.717) is 48.4 Å². The number of likely N-dealkylation sites (tertiary alicyclic amines) is 2. The summed E-state index contributed by atoms with van der Waals surface area (Å²) >= 11 is 0. The number of rotatable bonds is 5. The quantitative estimate of drug-likeness (QED) is 0.528. The largest absolute Gasteiger partial charge is 0.416 e. The van der Waals surface area contributed by atoms with Crippen LogP contribution in [0.2, 0.25) is 0 Å². The number of benzene rings is 3. The summed E-state index contributed by atoms with van der Waals surface area (Å²) in [5.74, 6) is -0.0437. The second-order valence-corrected chi connectivity index (χ2v) is 9.78. The third-order valence-corrected chi connectivity index (χ3v) is 7.12. The Balaban J connectivity index is 1.15. The molecule has 1 atom stereocenters. The van der Waals surface area contributed by atoms with Gasteiger partial charge in [0, 0.05) is 49.4 Å². The van der Waals surface area contributed by atoms with Gasteiger partial charge in [0.1, 0.15) is 0 Å². The van der Waals surface area contributed by atoms with Crippen molar-refractivity contribution < 1.29 is 22.8 Å². The van der Waals surface area contributed by atoms with Crippen molar-refractivity contribution in [3.05, 3.63) is 95.1 Å². The van der Waals surface area contributed by atoms with Crippen LogP contribution in [0.5, 0.6) is 0 Å². The molecular formula is C29H28F3N3O2. The number of carbonyl (C=O) groups is 2. The van der Waals surface area contributed by atoms with Crippen LogP contribution < -0.4 is 5.32 Å². The van der Waals surface area contributed by atoms with Crippen LogP contribution in [0.1, 0.15) is 38.3 Å². The summed E-state index contributed by atoms with van der Waals surface area (Å²) in [7, 11) is 0. The van der Waals surface area contributed by atoms with Crippen LogP contribution in [-0.4, -0.2) is 59.9 Å². The fourth-order valence-corrected chi connectivity index (χ4v) is 5.06. The molecule has 192 valence electrons. The van der Waals surface area contributed by atoms with Crippen LogP contribution >= 0.6 is 0 Å². The molecule has 0 radical (unpaired) electrons. The van der Waals surface area contributed by atoms with Gasteiger partial charge in [0.05, 0.1) is 5.56 Å². The monoisotopic (exact) mass is 507 g/mol. The lowest BCUT2D eigenvalue weighted by atomic mass is 9.97. The van der Waals surface area contributed by atoms with Gasteiger partial charge < -0.3 is 15.1 Å². The smallest absolute Gasteiger partial charge is 0.337 e. The van der Waals surface area contributed by atoms with Crippen molar-refractivity contribution in [2.75, 3.05) is 26.2 Å². The SMILES string of the molecule is Cc1cc(-c2cccc(C(F)(F)F)c2)ccc1C(=O)N1CC(NC2CCN(C(=O)c3ccccc3)C2)C1. The average molecular weight is 508 g/mol. The van der Waals surface area contributed by atoms with Crippen molar-refractivity contribution >= 4 is 11.8 Å². The average Bonchev–Trinajstić information content (AvgIpc) is 3.34. The van der Waals surface area contributed by atoms with Crippen molar-refractivity contribution in [3.63, 3.8) is 0 Å². The molecule has 2 aliphatic rings. The first-order chi connectivity index (χ1) is 17.7. The van der Waals surface area contributed by atoms with Gasteiger partial charge in [-0.05, 0) is 60.4 Å². The lowest BCUT2D eigenvalue weighted by Crippen LogP contribution is -2.62. The summed E-state index contributed by atoms with van der Waals surface area (Å²) in [5.41, 5.74) is 2.37. The molecule has 5 rings (SSSR count). The van der Waals surface area contributed by atoms with E-state index in [-0.39, 0.29) is 23.9 Å². The molecule has 3 aromatic rings. The van der Waals surface area contributed by atoms with Crippen LogP contribution in [0.25, 0.3) is 11.1 Å². The van der Waals surface area contributed by atoms with E-state index in [1.54, 1.807) is 36.1 Å². The minimum atomic E-state index is -4.41. The maximum absolute atomic E-state index is 13.1. The zero-order chi connectivity index (χ0) is 26.2. The fourth-order valence-electron chi connectivity index (χ4n) is 5.06. The molecule has 0 aliphatic carbocycles. The highest BCUT2D eigenvalue weighted by Crippen LogP contribution is 2.33. The molecule has 3 aromatic carbocycles. The maximum Gasteiger partial charge on any atom is 0.416 e. The van der Waals surface area contributed by atoms with Gasteiger partial charge in [0.15, 0.2) is 0 Å². The van der Waals surface area contributed by atoms with Crippen molar-refractivity contribution in [2.24, 2.45) is 0 Å². The van der Waals surface area contributed by atoms with E-state index in [0.717, 1.165) is 24.1 Å². The summed E-state index contributed by atoms with van der Waals surface area (Å²) < 4.78 is 39.2. The molecule has 1 N–H and O–H groups in total. The maximum atomic E-state index is 13.1. The number of nitrogens with zero attached hydrogens (tertiary/aromatic N) is 2. The highest BCUT2D eigenvalue weighted by molar-refractivity contribution is 5.97. The summed E-state index contributed by atoms with van der Waals surface area (Å²) in [6.07, 6.45) is -3.53. The van der Waals surface area contributed by atoms with E-state index in [2.05, 4.69) is 5.32 Å². The first-order valence-corrected chi connectivity index (χ1v) is 12.4. The van der Waals surface area contributed by atoms with Gasteiger partial charge in [0.2, 0.25) is 0 Å². The van der Waals surface area contributed by atoms with Crippen LogP contribution in [-0.2, 0) is 6.18 Å². The van der Waals surface area contributed by atoms with E-state index < -0.39 is 11.7 Å². The Bertz CT molecular complexity index is 1300. The van der Waals surface area contributed by atoms with E-state index in [1.165, 1.54) is 6.07 Å². The number of carbonyl (C=O) groups excluding carboxylic acids is 2. The molecule has 37 heavy (non-hydrogen) atoms. The van der Waals surface area contributed by atoms with Crippen molar-refractivity contribution in [1.82, 2.24) is 15.1 Å². The van der Waals surface area contributed by atoms with Gasteiger partial charge in [-0.1, -0.05) is 42.5 Å². The Morgan fingerprint density at radius 2 is 1.51 bits per heavy atom. The Labute approximate surface area is 213 Å². The van der Waals surface area contributed by atoms with Gasteiger partial charge in [-0.15, -0.1) is 0 Å². The molecule has 5 nitrogen and oxygen atoms in total. The fraction of sp³-hybridized carbons (Fsp3) is 0.310. The molecule has 2 amide bonds. The van der Waals surface area contributed by atoms with Crippen molar-refractivity contribution in [2.45, 2.75) is 31.6 Å². The number of alkyl halides is 3. The van der Waals surface area contributed by atoms with Crippen molar-refractivity contribution in [1.29, 1.82) is 0 Å². The number of aryl methyl sites for hydroxylation is 1. The van der Waals surface area contributed by atoms with E-state index in [4.69, 9.17) is 0 Å². The van der Waals surface area contributed by atoms with Crippen LogP contribution in [0, 0.1) is 6.92 Å². The minimum absolute atomic E-state index is 0.0411. The molecule has 0 bridgehead atoms. The molecule has 0 saturated carbocycles. The van der Waals surface area contributed by atoms with Gasteiger partial charge in [-0.3, -0.25) is 9.59 Å². The molecule has 8 heteroatoms. The Morgan fingerprint density at radius 1 is 0.811 bits per heavy atom.